The number of aromatic nitrogens is 1. The SMILES string of the molecule is CN(C)C(=O)N1CC(c2cscn2)=CC1c1ccccc1. The molecule has 108 valence electrons. The minimum Gasteiger partial charge on any atom is -0.331 e. The topological polar surface area (TPSA) is 36.4 Å². The molecule has 0 fully saturated rings. The van der Waals surface area contributed by atoms with Gasteiger partial charge in [0.25, 0.3) is 0 Å². The maximum absolute atomic E-state index is 12.4. The second-order valence-corrected chi connectivity index (χ2v) is 5.94. The van der Waals surface area contributed by atoms with E-state index >= 15 is 0 Å². The number of nitrogens with zero attached hydrogens (tertiary/aromatic N) is 3. The predicted molar refractivity (Wildman–Crippen MR) is 85.1 cm³/mol. The molecule has 2 amide bonds. The summed E-state index contributed by atoms with van der Waals surface area (Å²) in [5.74, 6) is 0. The zero-order valence-electron chi connectivity index (χ0n) is 12.1. The molecule has 5 heteroatoms. The molecule has 1 aliphatic rings. The lowest BCUT2D eigenvalue weighted by Gasteiger charge is -2.28. The summed E-state index contributed by atoms with van der Waals surface area (Å²) in [5, 5.41) is 2.03. The zero-order chi connectivity index (χ0) is 14.8. The van der Waals surface area contributed by atoms with Gasteiger partial charge in [-0.2, -0.15) is 0 Å². The summed E-state index contributed by atoms with van der Waals surface area (Å²) in [6, 6.07) is 10.1. The molecular weight excluding hydrogens is 282 g/mol. The Balaban J connectivity index is 1.96. The molecule has 0 spiro atoms. The molecule has 0 saturated carbocycles. The maximum atomic E-state index is 12.4. The maximum Gasteiger partial charge on any atom is 0.320 e. The van der Waals surface area contributed by atoms with Crippen LogP contribution < -0.4 is 0 Å². The van der Waals surface area contributed by atoms with Crippen molar-refractivity contribution in [2.75, 3.05) is 20.6 Å². The Kier molecular flexibility index (Phi) is 3.75. The van der Waals surface area contributed by atoms with Crippen LogP contribution in [0.2, 0.25) is 0 Å². The van der Waals surface area contributed by atoms with E-state index in [0.29, 0.717) is 6.54 Å². The summed E-state index contributed by atoms with van der Waals surface area (Å²) in [6.45, 7) is 0.598. The van der Waals surface area contributed by atoms with E-state index in [1.54, 1.807) is 30.3 Å². The average Bonchev–Trinajstić information content (AvgIpc) is 3.16. The number of carbonyl (C=O) groups is 1. The Hall–Kier alpha value is -2.14. The number of urea groups is 1. The summed E-state index contributed by atoms with van der Waals surface area (Å²) in [5.41, 5.74) is 5.03. The molecule has 1 aliphatic heterocycles. The van der Waals surface area contributed by atoms with E-state index in [1.165, 1.54) is 0 Å². The Morgan fingerprint density at radius 3 is 2.71 bits per heavy atom. The molecule has 1 aromatic carbocycles. The fraction of sp³-hybridized carbons (Fsp3) is 0.250. The average molecular weight is 299 g/mol. The molecule has 4 nitrogen and oxygen atoms in total. The van der Waals surface area contributed by atoms with Gasteiger partial charge in [0.15, 0.2) is 0 Å². The first-order chi connectivity index (χ1) is 10.2. The first-order valence-corrected chi connectivity index (χ1v) is 7.73. The van der Waals surface area contributed by atoms with Crippen molar-refractivity contribution in [1.82, 2.24) is 14.8 Å². The zero-order valence-corrected chi connectivity index (χ0v) is 12.9. The quantitative estimate of drug-likeness (QED) is 0.853. The van der Waals surface area contributed by atoms with Crippen molar-refractivity contribution in [2.45, 2.75) is 6.04 Å². The van der Waals surface area contributed by atoms with E-state index in [9.17, 15) is 4.79 Å². The Morgan fingerprint density at radius 1 is 1.33 bits per heavy atom. The van der Waals surface area contributed by atoms with Crippen LogP contribution in [0.15, 0.2) is 47.3 Å². The van der Waals surface area contributed by atoms with E-state index in [1.807, 2.05) is 34.0 Å². The summed E-state index contributed by atoms with van der Waals surface area (Å²) in [6.07, 6.45) is 2.14. The van der Waals surface area contributed by atoms with Crippen LogP contribution in [0.4, 0.5) is 4.79 Å². The standard InChI is InChI=1S/C16H17N3OS/c1-18(2)16(20)19-9-13(14-10-21-11-17-14)8-15(19)12-6-4-3-5-7-12/h3-8,10-11,15H,9H2,1-2H3. The van der Waals surface area contributed by atoms with Crippen molar-refractivity contribution < 1.29 is 4.79 Å². The molecule has 1 aromatic heterocycles. The first-order valence-electron chi connectivity index (χ1n) is 6.79. The van der Waals surface area contributed by atoms with Crippen molar-refractivity contribution in [3.8, 4) is 0 Å². The van der Waals surface area contributed by atoms with Gasteiger partial charge in [-0.25, -0.2) is 9.78 Å². The molecule has 21 heavy (non-hydrogen) atoms. The van der Waals surface area contributed by atoms with Crippen molar-refractivity contribution in [2.24, 2.45) is 0 Å². The summed E-state index contributed by atoms with van der Waals surface area (Å²) in [4.78, 5) is 20.3. The first kappa shape index (κ1) is 13.8. The molecule has 3 rings (SSSR count). The van der Waals surface area contributed by atoms with Gasteiger partial charge < -0.3 is 9.80 Å². The van der Waals surface area contributed by atoms with Crippen LogP contribution in [0, 0.1) is 0 Å². The number of carbonyl (C=O) groups excluding carboxylic acids is 1. The molecule has 1 unspecified atom stereocenters. The van der Waals surface area contributed by atoms with Gasteiger partial charge in [-0.3, -0.25) is 0 Å². The number of hydrogen-bond acceptors (Lipinski definition) is 3. The van der Waals surface area contributed by atoms with Crippen LogP contribution in [0.3, 0.4) is 0 Å². The summed E-state index contributed by atoms with van der Waals surface area (Å²) >= 11 is 1.57. The number of benzene rings is 1. The fourth-order valence-corrected chi connectivity index (χ4v) is 3.10. The fourth-order valence-electron chi connectivity index (χ4n) is 2.52. The molecule has 0 aliphatic carbocycles. The third kappa shape index (κ3) is 2.69. The predicted octanol–water partition coefficient (Wildman–Crippen LogP) is 3.27. The van der Waals surface area contributed by atoms with Crippen molar-refractivity contribution in [3.63, 3.8) is 0 Å². The van der Waals surface area contributed by atoms with E-state index in [2.05, 4.69) is 23.2 Å². The highest BCUT2D eigenvalue weighted by Crippen LogP contribution is 2.34. The van der Waals surface area contributed by atoms with Gasteiger partial charge in [-0.1, -0.05) is 36.4 Å². The third-order valence-electron chi connectivity index (χ3n) is 3.57. The number of hydrogen-bond donors (Lipinski definition) is 0. The van der Waals surface area contributed by atoms with E-state index in [0.717, 1.165) is 16.8 Å². The normalized spacial score (nSPS) is 17.7. The van der Waals surface area contributed by atoms with E-state index < -0.39 is 0 Å². The van der Waals surface area contributed by atoms with Gasteiger partial charge in [0.2, 0.25) is 0 Å². The van der Waals surface area contributed by atoms with Gasteiger partial charge in [0.1, 0.15) is 0 Å². The molecule has 0 radical (unpaired) electrons. The van der Waals surface area contributed by atoms with Crippen LogP contribution in [-0.4, -0.2) is 41.5 Å². The minimum atomic E-state index is -0.0298. The van der Waals surface area contributed by atoms with Crippen molar-refractivity contribution in [1.29, 1.82) is 0 Å². The highest BCUT2D eigenvalue weighted by molar-refractivity contribution is 7.07. The van der Waals surface area contributed by atoms with Crippen LogP contribution >= 0.6 is 11.3 Å². The molecule has 0 saturated heterocycles. The Bertz CT molecular complexity index is 649. The number of thiazole rings is 1. The molecule has 2 aromatic rings. The highest BCUT2D eigenvalue weighted by atomic mass is 32.1. The lowest BCUT2D eigenvalue weighted by atomic mass is 10.1. The van der Waals surface area contributed by atoms with Crippen molar-refractivity contribution in [3.05, 3.63) is 58.6 Å². The lowest BCUT2D eigenvalue weighted by molar-refractivity contribution is 0.170. The summed E-state index contributed by atoms with van der Waals surface area (Å²) < 4.78 is 0. The molecule has 1 atom stereocenters. The van der Waals surface area contributed by atoms with Crippen LogP contribution in [0.1, 0.15) is 17.3 Å². The van der Waals surface area contributed by atoms with Crippen LogP contribution in [0.25, 0.3) is 5.57 Å². The molecule has 0 bridgehead atoms. The summed E-state index contributed by atoms with van der Waals surface area (Å²) in [7, 11) is 3.57. The van der Waals surface area contributed by atoms with E-state index in [4.69, 9.17) is 0 Å². The van der Waals surface area contributed by atoms with Gasteiger partial charge in [-0.05, 0) is 11.1 Å². The van der Waals surface area contributed by atoms with Gasteiger partial charge in [-0.15, -0.1) is 11.3 Å². The van der Waals surface area contributed by atoms with Gasteiger partial charge in [0.05, 0.1) is 23.8 Å². The Morgan fingerprint density at radius 2 is 2.10 bits per heavy atom. The highest BCUT2D eigenvalue weighted by Gasteiger charge is 2.31. The van der Waals surface area contributed by atoms with E-state index in [-0.39, 0.29) is 12.1 Å². The smallest absolute Gasteiger partial charge is 0.320 e. The van der Waals surface area contributed by atoms with Crippen LogP contribution in [-0.2, 0) is 0 Å². The monoisotopic (exact) mass is 299 g/mol. The second-order valence-electron chi connectivity index (χ2n) is 5.23. The largest absolute Gasteiger partial charge is 0.331 e. The number of amides is 2. The molecule has 0 N–H and O–H groups in total. The lowest BCUT2D eigenvalue weighted by Crippen LogP contribution is -2.39. The third-order valence-corrected chi connectivity index (χ3v) is 4.15. The van der Waals surface area contributed by atoms with Gasteiger partial charge >= 0.3 is 6.03 Å². The van der Waals surface area contributed by atoms with Crippen LogP contribution in [0.5, 0.6) is 0 Å². The Labute approximate surface area is 128 Å². The van der Waals surface area contributed by atoms with Crippen molar-refractivity contribution >= 4 is 22.9 Å². The number of rotatable bonds is 2. The second kappa shape index (κ2) is 5.69. The molecule has 2 heterocycles. The molecular formula is C16H17N3OS. The van der Waals surface area contributed by atoms with Gasteiger partial charge in [0, 0.05) is 19.5 Å². The minimum absolute atomic E-state index is 0.0188.